The number of hydrogen-bond acceptors (Lipinski definition) is 2. The highest BCUT2D eigenvalue weighted by Gasteiger charge is 2.15. The summed E-state index contributed by atoms with van der Waals surface area (Å²) in [4.78, 5) is 3.85. The molecular formula is C20H15F2NO. The van der Waals surface area contributed by atoms with Crippen LogP contribution < -0.4 is 4.74 Å². The molecule has 2 nitrogen and oxygen atoms in total. The zero-order valence-electron chi connectivity index (χ0n) is 13.1. The molecule has 0 saturated carbocycles. The van der Waals surface area contributed by atoms with Gasteiger partial charge < -0.3 is 4.74 Å². The van der Waals surface area contributed by atoms with Gasteiger partial charge in [-0.1, -0.05) is 36.4 Å². The summed E-state index contributed by atoms with van der Waals surface area (Å²) < 4.78 is 32.8. The SMILES string of the molecule is C=Nc1ccc(-c2ccc(-c3ccc(OC)c(F)c3F)cc2)cc1. The predicted octanol–water partition coefficient (Wildman–Crippen LogP) is 5.64. The number of benzene rings is 3. The second-order valence-corrected chi connectivity index (χ2v) is 5.23. The number of ether oxygens (including phenoxy) is 1. The van der Waals surface area contributed by atoms with E-state index < -0.39 is 11.6 Å². The molecular weight excluding hydrogens is 308 g/mol. The lowest BCUT2D eigenvalue weighted by Crippen LogP contribution is -1.94. The molecule has 0 N–H and O–H groups in total. The van der Waals surface area contributed by atoms with Crippen molar-refractivity contribution in [2.45, 2.75) is 0 Å². The quantitative estimate of drug-likeness (QED) is 0.569. The molecule has 4 heteroatoms. The number of methoxy groups -OCH3 is 1. The van der Waals surface area contributed by atoms with Crippen molar-refractivity contribution in [3.8, 4) is 28.0 Å². The van der Waals surface area contributed by atoms with E-state index in [2.05, 4.69) is 11.7 Å². The molecule has 0 fully saturated rings. The van der Waals surface area contributed by atoms with Gasteiger partial charge in [0.1, 0.15) is 0 Å². The summed E-state index contributed by atoms with van der Waals surface area (Å²) in [7, 11) is 1.31. The minimum absolute atomic E-state index is 0.108. The molecule has 0 heterocycles. The average Bonchev–Trinajstić information content (AvgIpc) is 2.64. The van der Waals surface area contributed by atoms with Gasteiger partial charge in [-0.2, -0.15) is 4.39 Å². The Morgan fingerprint density at radius 2 is 1.29 bits per heavy atom. The smallest absolute Gasteiger partial charge is 0.201 e. The fraction of sp³-hybridized carbons (Fsp3) is 0.0500. The van der Waals surface area contributed by atoms with Gasteiger partial charge in [-0.05, 0) is 47.7 Å². The van der Waals surface area contributed by atoms with E-state index in [-0.39, 0.29) is 11.3 Å². The van der Waals surface area contributed by atoms with Gasteiger partial charge in [0.05, 0.1) is 12.8 Å². The zero-order chi connectivity index (χ0) is 17.1. The molecule has 0 saturated heterocycles. The van der Waals surface area contributed by atoms with Crippen LogP contribution in [-0.2, 0) is 0 Å². The van der Waals surface area contributed by atoms with Crippen LogP contribution in [0.1, 0.15) is 0 Å². The lowest BCUT2D eigenvalue weighted by molar-refractivity contribution is 0.372. The molecule has 0 unspecified atom stereocenters. The summed E-state index contributed by atoms with van der Waals surface area (Å²) in [5.41, 5.74) is 3.58. The third-order valence-corrected chi connectivity index (χ3v) is 3.85. The second kappa shape index (κ2) is 6.62. The standard InChI is InChI=1S/C20H15F2NO/c1-23-16-9-7-14(8-10-16)13-3-5-15(6-4-13)17-11-12-18(24-2)20(22)19(17)21/h3-12H,1H2,2H3. The van der Waals surface area contributed by atoms with E-state index >= 15 is 0 Å². The molecule has 24 heavy (non-hydrogen) atoms. The molecule has 0 aliphatic rings. The van der Waals surface area contributed by atoms with Crippen molar-refractivity contribution in [3.05, 3.63) is 72.3 Å². The first-order chi connectivity index (χ1) is 11.6. The summed E-state index contributed by atoms with van der Waals surface area (Å²) in [6.07, 6.45) is 0. The van der Waals surface area contributed by atoms with Crippen molar-refractivity contribution in [2.75, 3.05) is 7.11 Å². The van der Waals surface area contributed by atoms with E-state index in [9.17, 15) is 8.78 Å². The summed E-state index contributed by atoms with van der Waals surface area (Å²) >= 11 is 0. The molecule has 120 valence electrons. The fourth-order valence-electron chi connectivity index (χ4n) is 2.51. The predicted molar refractivity (Wildman–Crippen MR) is 93.0 cm³/mol. The Morgan fingerprint density at radius 3 is 1.83 bits per heavy atom. The van der Waals surface area contributed by atoms with Crippen molar-refractivity contribution < 1.29 is 13.5 Å². The molecule has 0 bridgehead atoms. The van der Waals surface area contributed by atoms with Crippen LogP contribution in [0.4, 0.5) is 14.5 Å². The van der Waals surface area contributed by atoms with Gasteiger partial charge in [0.25, 0.3) is 0 Å². The van der Waals surface area contributed by atoms with E-state index in [0.29, 0.717) is 5.56 Å². The van der Waals surface area contributed by atoms with Gasteiger partial charge >= 0.3 is 0 Å². The molecule has 3 aromatic rings. The van der Waals surface area contributed by atoms with Crippen molar-refractivity contribution in [1.82, 2.24) is 0 Å². The first kappa shape index (κ1) is 15.9. The Kier molecular flexibility index (Phi) is 4.38. The largest absolute Gasteiger partial charge is 0.494 e. The Labute approximate surface area is 139 Å². The topological polar surface area (TPSA) is 21.6 Å². The Bertz CT molecular complexity index is 871. The number of aliphatic imine (C=N–C) groups is 1. The number of halogens is 2. The van der Waals surface area contributed by atoms with E-state index in [4.69, 9.17) is 4.74 Å². The average molecular weight is 323 g/mol. The van der Waals surface area contributed by atoms with Crippen LogP contribution in [0, 0.1) is 11.6 Å². The third-order valence-electron chi connectivity index (χ3n) is 3.85. The highest BCUT2D eigenvalue weighted by Crippen LogP contribution is 2.31. The highest BCUT2D eigenvalue weighted by molar-refractivity contribution is 5.72. The van der Waals surface area contributed by atoms with E-state index in [1.54, 1.807) is 12.1 Å². The van der Waals surface area contributed by atoms with Crippen LogP contribution >= 0.6 is 0 Å². The van der Waals surface area contributed by atoms with Crippen molar-refractivity contribution >= 4 is 12.4 Å². The lowest BCUT2D eigenvalue weighted by Gasteiger charge is -2.09. The second-order valence-electron chi connectivity index (χ2n) is 5.23. The molecule has 0 atom stereocenters. The highest BCUT2D eigenvalue weighted by atomic mass is 19.2. The molecule has 0 radical (unpaired) electrons. The van der Waals surface area contributed by atoms with Crippen LogP contribution in [-0.4, -0.2) is 13.8 Å². The van der Waals surface area contributed by atoms with Crippen molar-refractivity contribution in [1.29, 1.82) is 0 Å². The first-order valence-corrected chi connectivity index (χ1v) is 7.33. The van der Waals surface area contributed by atoms with Gasteiger partial charge in [0.15, 0.2) is 11.6 Å². The van der Waals surface area contributed by atoms with Crippen LogP contribution in [0.5, 0.6) is 5.75 Å². The number of hydrogen-bond donors (Lipinski definition) is 0. The lowest BCUT2D eigenvalue weighted by atomic mass is 9.99. The van der Waals surface area contributed by atoms with Gasteiger partial charge in [-0.3, -0.25) is 4.99 Å². The van der Waals surface area contributed by atoms with Crippen molar-refractivity contribution in [2.24, 2.45) is 4.99 Å². The minimum atomic E-state index is -0.980. The molecule has 0 aromatic heterocycles. The fourth-order valence-corrected chi connectivity index (χ4v) is 2.51. The Balaban J connectivity index is 1.94. The molecule has 3 aromatic carbocycles. The summed E-state index contributed by atoms with van der Waals surface area (Å²) in [5, 5.41) is 0. The van der Waals surface area contributed by atoms with Gasteiger partial charge in [-0.25, -0.2) is 4.39 Å². The summed E-state index contributed by atoms with van der Waals surface area (Å²) in [6, 6.07) is 17.8. The van der Waals surface area contributed by atoms with Crippen LogP contribution in [0.25, 0.3) is 22.3 Å². The summed E-state index contributed by atoms with van der Waals surface area (Å²) in [5.74, 6) is -2.00. The molecule has 0 aliphatic carbocycles. The van der Waals surface area contributed by atoms with Crippen molar-refractivity contribution in [3.63, 3.8) is 0 Å². The Hall–Kier alpha value is -3.01. The van der Waals surface area contributed by atoms with Crippen LogP contribution in [0.3, 0.4) is 0 Å². The minimum Gasteiger partial charge on any atom is -0.494 e. The van der Waals surface area contributed by atoms with Gasteiger partial charge in [0, 0.05) is 5.56 Å². The maximum Gasteiger partial charge on any atom is 0.201 e. The first-order valence-electron chi connectivity index (χ1n) is 7.33. The van der Waals surface area contributed by atoms with Crippen LogP contribution in [0.15, 0.2) is 65.7 Å². The van der Waals surface area contributed by atoms with E-state index in [1.807, 2.05) is 36.4 Å². The zero-order valence-corrected chi connectivity index (χ0v) is 13.1. The molecule has 0 aliphatic heterocycles. The molecule has 3 rings (SSSR count). The Morgan fingerprint density at radius 1 is 0.750 bits per heavy atom. The van der Waals surface area contributed by atoms with Crippen LogP contribution in [0.2, 0.25) is 0 Å². The summed E-state index contributed by atoms with van der Waals surface area (Å²) in [6.45, 7) is 3.48. The molecule has 0 amide bonds. The number of nitrogens with zero attached hydrogens (tertiary/aromatic N) is 1. The van der Waals surface area contributed by atoms with Gasteiger partial charge in [0.2, 0.25) is 5.82 Å². The normalized spacial score (nSPS) is 10.5. The number of rotatable bonds is 4. The molecule has 0 spiro atoms. The van der Waals surface area contributed by atoms with E-state index in [0.717, 1.165) is 16.8 Å². The van der Waals surface area contributed by atoms with E-state index in [1.165, 1.54) is 19.2 Å². The monoisotopic (exact) mass is 323 g/mol. The third kappa shape index (κ3) is 2.91. The van der Waals surface area contributed by atoms with Gasteiger partial charge in [-0.15, -0.1) is 0 Å². The maximum atomic E-state index is 14.2. The maximum absolute atomic E-state index is 14.2.